The lowest BCUT2D eigenvalue weighted by atomic mass is 9.98. The summed E-state index contributed by atoms with van der Waals surface area (Å²) in [5.74, 6) is -2.29. The minimum absolute atomic E-state index is 0.372. The Kier molecular flexibility index (Phi) is 4.27. The van der Waals surface area contributed by atoms with Crippen LogP contribution in [0.15, 0.2) is 40.9 Å². The van der Waals surface area contributed by atoms with E-state index in [1.165, 1.54) is 12.1 Å². The van der Waals surface area contributed by atoms with Crippen molar-refractivity contribution in [2.45, 2.75) is 6.04 Å². The van der Waals surface area contributed by atoms with Gasteiger partial charge in [-0.25, -0.2) is 13.2 Å². The highest BCUT2D eigenvalue weighted by atomic mass is 79.9. The van der Waals surface area contributed by atoms with E-state index >= 15 is 0 Å². The van der Waals surface area contributed by atoms with E-state index in [1.54, 1.807) is 19.2 Å². The monoisotopic (exact) mass is 329 g/mol. The summed E-state index contributed by atoms with van der Waals surface area (Å²) in [6.45, 7) is 0. The normalized spacial score (nSPS) is 12.5. The molecule has 0 saturated heterocycles. The summed E-state index contributed by atoms with van der Waals surface area (Å²) in [4.78, 5) is 0. The molecule has 0 bridgehead atoms. The quantitative estimate of drug-likeness (QED) is 0.890. The molecule has 1 N–H and O–H groups in total. The van der Waals surface area contributed by atoms with E-state index in [4.69, 9.17) is 0 Å². The van der Waals surface area contributed by atoms with Gasteiger partial charge < -0.3 is 5.32 Å². The van der Waals surface area contributed by atoms with Crippen LogP contribution in [0.3, 0.4) is 0 Å². The van der Waals surface area contributed by atoms with Crippen LogP contribution in [-0.4, -0.2) is 7.05 Å². The van der Waals surface area contributed by atoms with E-state index in [-0.39, 0.29) is 0 Å². The average Bonchev–Trinajstić information content (AvgIpc) is 2.37. The van der Waals surface area contributed by atoms with Gasteiger partial charge in [0.05, 0.1) is 6.04 Å². The molecule has 5 heteroatoms. The van der Waals surface area contributed by atoms with Gasteiger partial charge in [-0.15, -0.1) is 0 Å². The van der Waals surface area contributed by atoms with Crippen molar-refractivity contribution in [2.24, 2.45) is 0 Å². The molecule has 1 nitrogen and oxygen atoms in total. The van der Waals surface area contributed by atoms with Crippen LogP contribution >= 0.6 is 15.9 Å². The molecule has 100 valence electrons. The predicted molar refractivity (Wildman–Crippen MR) is 71.4 cm³/mol. The molecule has 0 aliphatic carbocycles. The van der Waals surface area contributed by atoms with Gasteiger partial charge >= 0.3 is 0 Å². The molecule has 0 fully saturated rings. The maximum Gasteiger partial charge on any atom is 0.159 e. The lowest BCUT2D eigenvalue weighted by Crippen LogP contribution is -2.19. The van der Waals surface area contributed by atoms with E-state index in [9.17, 15) is 13.2 Å². The summed E-state index contributed by atoms with van der Waals surface area (Å²) in [5, 5.41) is 2.90. The van der Waals surface area contributed by atoms with Crippen molar-refractivity contribution >= 4 is 15.9 Å². The minimum atomic E-state index is -0.949. The summed E-state index contributed by atoms with van der Waals surface area (Å²) in [7, 11) is 1.63. The topological polar surface area (TPSA) is 12.0 Å². The van der Waals surface area contributed by atoms with Crippen molar-refractivity contribution in [3.8, 4) is 0 Å². The lowest BCUT2D eigenvalue weighted by Gasteiger charge is -2.18. The van der Waals surface area contributed by atoms with Crippen molar-refractivity contribution in [1.82, 2.24) is 5.32 Å². The summed E-state index contributed by atoms with van der Waals surface area (Å²) in [6, 6.07) is 7.62. The molecule has 0 amide bonds. The van der Waals surface area contributed by atoms with Crippen LogP contribution in [0.5, 0.6) is 0 Å². The molecule has 0 aromatic heterocycles. The van der Waals surface area contributed by atoms with Crippen molar-refractivity contribution in [3.63, 3.8) is 0 Å². The Morgan fingerprint density at radius 3 is 2.26 bits per heavy atom. The third-order valence-corrected chi connectivity index (χ3v) is 3.33. The lowest BCUT2D eigenvalue weighted by molar-refractivity contribution is 0.503. The van der Waals surface area contributed by atoms with Crippen LogP contribution in [0.25, 0.3) is 0 Å². The maximum absolute atomic E-state index is 13.9. The van der Waals surface area contributed by atoms with Gasteiger partial charge in [0.2, 0.25) is 0 Å². The first-order valence-corrected chi connectivity index (χ1v) is 6.39. The SMILES string of the molecule is CNC(c1ccc(F)c(F)c1)c1ccc(Br)cc1F. The summed E-state index contributed by atoms with van der Waals surface area (Å²) in [5.41, 5.74) is 0.833. The largest absolute Gasteiger partial charge is 0.309 e. The number of nitrogens with one attached hydrogen (secondary N) is 1. The third kappa shape index (κ3) is 2.98. The highest BCUT2D eigenvalue weighted by Crippen LogP contribution is 2.27. The zero-order valence-corrected chi connectivity index (χ0v) is 11.6. The smallest absolute Gasteiger partial charge is 0.159 e. The summed E-state index contributed by atoms with van der Waals surface area (Å²) < 4.78 is 40.7. The molecule has 1 atom stereocenters. The first kappa shape index (κ1) is 14.1. The fraction of sp³-hybridized carbons (Fsp3) is 0.143. The summed E-state index contributed by atoms with van der Waals surface area (Å²) in [6.07, 6.45) is 0. The first-order chi connectivity index (χ1) is 9.02. The molecule has 1 unspecified atom stereocenters. The van der Waals surface area contributed by atoms with Gasteiger partial charge in [0.1, 0.15) is 5.82 Å². The maximum atomic E-state index is 13.9. The Morgan fingerprint density at radius 2 is 1.68 bits per heavy atom. The van der Waals surface area contributed by atoms with Gasteiger partial charge in [-0.1, -0.05) is 28.1 Å². The molecule has 19 heavy (non-hydrogen) atoms. The van der Waals surface area contributed by atoms with E-state index in [2.05, 4.69) is 21.2 Å². The van der Waals surface area contributed by atoms with E-state index in [0.29, 0.717) is 15.6 Å². The van der Waals surface area contributed by atoms with E-state index in [1.807, 2.05) is 0 Å². The van der Waals surface area contributed by atoms with Crippen molar-refractivity contribution in [1.29, 1.82) is 0 Å². The minimum Gasteiger partial charge on any atom is -0.309 e. The molecule has 0 aliphatic heterocycles. The van der Waals surface area contributed by atoms with Crippen LogP contribution < -0.4 is 5.32 Å². The first-order valence-electron chi connectivity index (χ1n) is 5.60. The van der Waals surface area contributed by atoms with E-state index in [0.717, 1.165) is 12.1 Å². The predicted octanol–water partition coefficient (Wildman–Crippen LogP) is 4.18. The van der Waals surface area contributed by atoms with Crippen LogP contribution in [0, 0.1) is 17.5 Å². The highest BCUT2D eigenvalue weighted by Gasteiger charge is 2.17. The number of benzene rings is 2. The van der Waals surface area contributed by atoms with Crippen molar-refractivity contribution in [2.75, 3.05) is 7.05 Å². The highest BCUT2D eigenvalue weighted by molar-refractivity contribution is 9.10. The second-order valence-corrected chi connectivity index (χ2v) is 4.98. The van der Waals surface area contributed by atoms with Crippen LogP contribution in [-0.2, 0) is 0 Å². The van der Waals surface area contributed by atoms with Crippen molar-refractivity contribution in [3.05, 3.63) is 69.4 Å². The Balaban J connectivity index is 2.46. The molecular formula is C14H11BrF3N. The van der Waals surface area contributed by atoms with Gasteiger partial charge in [0.25, 0.3) is 0 Å². The standard InChI is InChI=1S/C14H11BrF3N/c1-19-14(8-2-5-11(16)13(18)6-8)10-4-3-9(15)7-12(10)17/h2-7,14,19H,1H3. The second-order valence-electron chi connectivity index (χ2n) is 4.06. The molecule has 2 aromatic rings. The van der Waals surface area contributed by atoms with Gasteiger partial charge in [-0.05, 0) is 36.9 Å². The molecule has 2 aromatic carbocycles. The molecule has 0 radical (unpaired) electrons. The third-order valence-electron chi connectivity index (χ3n) is 2.84. The fourth-order valence-corrected chi connectivity index (χ4v) is 2.26. The average molecular weight is 330 g/mol. The Bertz CT molecular complexity index is 601. The Hall–Kier alpha value is -1.33. The second kappa shape index (κ2) is 5.75. The number of halogens is 4. The zero-order chi connectivity index (χ0) is 14.0. The van der Waals surface area contributed by atoms with Crippen LogP contribution in [0.2, 0.25) is 0 Å². The van der Waals surface area contributed by atoms with Crippen molar-refractivity contribution < 1.29 is 13.2 Å². The van der Waals surface area contributed by atoms with Gasteiger partial charge in [0, 0.05) is 10.0 Å². The number of hydrogen-bond donors (Lipinski definition) is 1. The zero-order valence-electron chi connectivity index (χ0n) is 10.1. The molecule has 2 rings (SSSR count). The fourth-order valence-electron chi connectivity index (χ4n) is 1.93. The Morgan fingerprint density at radius 1 is 0.947 bits per heavy atom. The summed E-state index contributed by atoms with van der Waals surface area (Å²) >= 11 is 3.17. The Labute approximate surface area is 117 Å². The van der Waals surface area contributed by atoms with Gasteiger partial charge in [0.15, 0.2) is 11.6 Å². The van der Waals surface area contributed by atoms with Gasteiger partial charge in [-0.2, -0.15) is 0 Å². The van der Waals surface area contributed by atoms with Crippen LogP contribution in [0.1, 0.15) is 17.2 Å². The molecule has 0 saturated carbocycles. The molecule has 0 heterocycles. The molecular weight excluding hydrogens is 319 g/mol. The number of hydrogen-bond acceptors (Lipinski definition) is 1. The molecule has 0 spiro atoms. The number of rotatable bonds is 3. The van der Waals surface area contributed by atoms with Gasteiger partial charge in [-0.3, -0.25) is 0 Å². The molecule has 0 aliphatic rings. The van der Waals surface area contributed by atoms with E-state index < -0.39 is 23.5 Å². The van der Waals surface area contributed by atoms with Crippen LogP contribution in [0.4, 0.5) is 13.2 Å².